The Kier molecular flexibility index (Phi) is 5.50. The predicted molar refractivity (Wildman–Crippen MR) is 92.2 cm³/mol. The number of urea groups is 1. The number of carboxylic acid groups (broad SMARTS) is 1. The highest BCUT2D eigenvalue weighted by molar-refractivity contribution is 5.74. The Hall–Kier alpha value is -2.90. The van der Waals surface area contributed by atoms with Crippen LogP contribution in [0.1, 0.15) is 23.4 Å². The van der Waals surface area contributed by atoms with Crippen molar-refractivity contribution >= 4 is 12.0 Å². The van der Waals surface area contributed by atoms with Crippen LogP contribution in [-0.4, -0.2) is 44.6 Å². The Morgan fingerprint density at radius 3 is 2.77 bits per heavy atom. The zero-order chi connectivity index (χ0) is 18.5. The maximum atomic E-state index is 14.1. The molecule has 1 aromatic carbocycles. The van der Waals surface area contributed by atoms with Gasteiger partial charge in [-0.2, -0.15) is 5.10 Å². The van der Waals surface area contributed by atoms with Crippen molar-refractivity contribution in [2.75, 3.05) is 6.54 Å². The van der Waals surface area contributed by atoms with E-state index in [2.05, 4.69) is 10.4 Å². The molecule has 1 aliphatic heterocycles. The SMILES string of the molecule is O=C(O)CCc1cc2n(n1)CCN(C(=O)NC(F)Cc1ccccc1)C2. The molecule has 1 atom stereocenters. The molecule has 1 aromatic heterocycles. The van der Waals surface area contributed by atoms with E-state index in [1.165, 1.54) is 4.90 Å². The van der Waals surface area contributed by atoms with Crippen LogP contribution in [0, 0.1) is 0 Å². The summed E-state index contributed by atoms with van der Waals surface area (Å²) in [7, 11) is 0. The molecule has 3 rings (SSSR count). The van der Waals surface area contributed by atoms with Crippen LogP contribution < -0.4 is 5.32 Å². The van der Waals surface area contributed by atoms with Crippen molar-refractivity contribution < 1.29 is 19.1 Å². The smallest absolute Gasteiger partial charge is 0.320 e. The van der Waals surface area contributed by atoms with Crippen LogP contribution in [0.4, 0.5) is 9.18 Å². The number of rotatable bonds is 6. The molecule has 0 spiro atoms. The van der Waals surface area contributed by atoms with Crippen LogP contribution in [-0.2, 0) is 30.7 Å². The normalized spacial score (nSPS) is 14.6. The number of hydrogen-bond donors (Lipinski definition) is 2. The largest absolute Gasteiger partial charge is 0.481 e. The molecule has 1 unspecified atom stereocenters. The van der Waals surface area contributed by atoms with Crippen LogP contribution in [0.25, 0.3) is 0 Å². The van der Waals surface area contributed by atoms with Gasteiger partial charge in [0.2, 0.25) is 0 Å². The van der Waals surface area contributed by atoms with E-state index < -0.39 is 18.3 Å². The van der Waals surface area contributed by atoms with Crippen molar-refractivity contribution in [1.82, 2.24) is 20.0 Å². The van der Waals surface area contributed by atoms with Crippen molar-refractivity contribution in [1.29, 1.82) is 0 Å². The number of halogens is 1. The van der Waals surface area contributed by atoms with Gasteiger partial charge in [0, 0.05) is 19.4 Å². The fourth-order valence-corrected chi connectivity index (χ4v) is 2.95. The number of carbonyl (C=O) groups excluding carboxylic acids is 1. The average Bonchev–Trinajstić information content (AvgIpc) is 3.02. The van der Waals surface area contributed by atoms with Gasteiger partial charge in [-0.25, -0.2) is 9.18 Å². The molecule has 0 aliphatic carbocycles. The number of aromatic nitrogens is 2. The fraction of sp³-hybridized carbons (Fsp3) is 0.389. The van der Waals surface area contributed by atoms with Crippen LogP contribution in [0.3, 0.4) is 0 Å². The van der Waals surface area contributed by atoms with Crippen molar-refractivity contribution in [2.45, 2.75) is 38.6 Å². The summed E-state index contributed by atoms with van der Waals surface area (Å²) < 4.78 is 15.9. The number of hydrogen-bond acceptors (Lipinski definition) is 3. The molecule has 8 heteroatoms. The summed E-state index contributed by atoms with van der Waals surface area (Å²) in [5.41, 5.74) is 2.34. The Labute approximate surface area is 150 Å². The Balaban J connectivity index is 1.54. The van der Waals surface area contributed by atoms with Gasteiger partial charge in [-0.15, -0.1) is 0 Å². The van der Waals surface area contributed by atoms with E-state index in [1.54, 1.807) is 10.7 Å². The second-order valence-corrected chi connectivity index (χ2v) is 6.27. The van der Waals surface area contributed by atoms with Gasteiger partial charge in [0.05, 0.1) is 30.9 Å². The minimum Gasteiger partial charge on any atom is -0.481 e. The van der Waals surface area contributed by atoms with Gasteiger partial charge in [-0.3, -0.25) is 9.48 Å². The van der Waals surface area contributed by atoms with Crippen molar-refractivity contribution in [3.05, 3.63) is 53.3 Å². The zero-order valence-electron chi connectivity index (χ0n) is 14.3. The molecular weight excluding hydrogens is 339 g/mol. The lowest BCUT2D eigenvalue weighted by atomic mass is 10.1. The monoisotopic (exact) mass is 360 g/mol. The zero-order valence-corrected chi connectivity index (χ0v) is 14.3. The molecule has 0 saturated carbocycles. The minimum atomic E-state index is -1.46. The predicted octanol–water partition coefficient (Wildman–Crippen LogP) is 1.96. The molecule has 0 bridgehead atoms. The van der Waals surface area contributed by atoms with Crippen molar-refractivity contribution in [3.8, 4) is 0 Å². The van der Waals surface area contributed by atoms with Crippen molar-refractivity contribution in [3.63, 3.8) is 0 Å². The number of fused-ring (bicyclic) bond motifs is 1. The summed E-state index contributed by atoms with van der Waals surface area (Å²) in [6.07, 6.45) is -0.963. The quantitative estimate of drug-likeness (QED) is 0.771. The summed E-state index contributed by atoms with van der Waals surface area (Å²) in [6, 6.07) is 10.5. The second-order valence-electron chi connectivity index (χ2n) is 6.27. The third-order valence-electron chi connectivity index (χ3n) is 4.27. The number of amides is 2. The second kappa shape index (κ2) is 7.99. The minimum absolute atomic E-state index is 0.0175. The van der Waals surface area contributed by atoms with Gasteiger partial charge in [0.15, 0.2) is 6.30 Å². The number of benzene rings is 1. The third kappa shape index (κ3) is 4.59. The Morgan fingerprint density at radius 2 is 2.04 bits per heavy atom. The maximum Gasteiger partial charge on any atom is 0.320 e. The number of aliphatic carboxylic acids is 1. The molecule has 0 saturated heterocycles. The maximum absolute atomic E-state index is 14.1. The van der Waals surface area contributed by atoms with E-state index >= 15 is 0 Å². The van der Waals surface area contributed by atoms with E-state index in [0.717, 1.165) is 11.3 Å². The number of nitrogens with zero attached hydrogens (tertiary/aromatic N) is 3. The molecule has 2 N–H and O–H groups in total. The van der Waals surface area contributed by atoms with E-state index in [-0.39, 0.29) is 12.8 Å². The molecule has 2 heterocycles. The summed E-state index contributed by atoms with van der Waals surface area (Å²) in [5.74, 6) is -0.871. The van der Waals surface area contributed by atoms with Crippen LogP contribution in [0.2, 0.25) is 0 Å². The third-order valence-corrected chi connectivity index (χ3v) is 4.27. The van der Waals surface area contributed by atoms with E-state index in [9.17, 15) is 14.0 Å². The van der Waals surface area contributed by atoms with Gasteiger partial charge in [-0.1, -0.05) is 30.3 Å². The number of alkyl halides is 1. The van der Waals surface area contributed by atoms with E-state index in [0.29, 0.717) is 31.7 Å². The van der Waals surface area contributed by atoms with Gasteiger partial charge in [-0.05, 0) is 11.6 Å². The van der Waals surface area contributed by atoms with Crippen LogP contribution in [0.5, 0.6) is 0 Å². The molecule has 2 amide bonds. The summed E-state index contributed by atoms with van der Waals surface area (Å²) in [6.45, 7) is 1.26. The van der Waals surface area contributed by atoms with Gasteiger partial charge >= 0.3 is 12.0 Å². The number of carboxylic acids is 1. The molecule has 0 radical (unpaired) electrons. The van der Waals surface area contributed by atoms with Gasteiger partial charge in [0.25, 0.3) is 0 Å². The average molecular weight is 360 g/mol. The van der Waals surface area contributed by atoms with Gasteiger partial charge < -0.3 is 15.3 Å². The molecule has 2 aromatic rings. The highest BCUT2D eigenvalue weighted by Gasteiger charge is 2.24. The van der Waals surface area contributed by atoms with E-state index in [4.69, 9.17) is 5.11 Å². The summed E-state index contributed by atoms with van der Waals surface area (Å²) in [5, 5.41) is 15.5. The Bertz CT molecular complexity index is 778. The van der Waals surface area contributed by atoms with Gasteiger partial charge in [0.1, 0.15) is 0 Å². The first-order chi connectivity index (χ1) is 12.5. The molecule has 7 nitrogen and oxygen atoms in total. The lowest BCUT2D eigenvalue weighted by Gasteiger charge is -2.28. The lowest BCUT2D eigenvalue weighted by Crippen LogP contribution is -2.47. The fourth-order valence-electron chi connectivity index (χ4n) is 2.95. The highest BCUT2D eigenvalue weighted by Crippen LogP contribution is 2.15. The molecule has 138 valence electrons. The number of nitrogens with one attached hydrogen (secondary N) is 1. The molecule has 26 heavy (non-hydrogen) atoms. The molecule has 0 fully saturated rings. The standard InChI is InChI=1S/C18H21FN4O3/c19-16(10-13-4-2-1-3-5-13)20-18(26)22-8-9-23-15(12-22)11-14(21-23)6-7-17(24)25/h1-5,11,16H,6-10,12H2,(H,20,26)(H,24,25). The van der Waals surface area contributed by atoms with E-state index in [1.807, 2.05) is 30.3 Å². The lowest BCUT2D eigenvalue weighted by molar-refractivity contribution is -0.136. The summed E-state index contributed by atoms with van der Waals surface area (Å²) >= 11 is 0. The number of aryl methyl sites for hydroxylation is 1. The molecular formula is C18H21FN4O3. The topological polar surface area (TPSA) is 87.5 Å². The summed E-state index contributed by atoms with van der Waals surface area (Å²) in [4.78, 5) is 24.5. The highest BCUT2D eigenvalue weighted by atomic mass is 19.1. The van der Waals surface area contributed by atoms with Crippen LogP contribution in [0.15, 0.2) is 36.4 Å². The van der Waals surface area contributed by atoms with Crippen molar-refractivity contribution in [2.24, 2.45) is 0 Å². The Morgan fingerprint density at radius 1 is 1.27 bits per heavy atom. The first kappa shape index (κ1) is 17.9. The molecule has 1 aliphatic rings. The van der Waals surface area contributed by atoms with Crippen LogP contribution >= 0.6 is 0 Å². The number of carbonyl (C=O) groups is 2. The first-order valence-electron chi connectivity index (χ1n) is 8.52. The first-order valence-corrected chi connectivity index (χ1v) is 8.52.